The molecule has 1 aromatic carbocycles. The van der Waals surface area contributed by atoms with Crippen LogP contribution in [-0.4, -0.2) is 51.0 Å². The number of primary amides is 1. The summed E-state index contributed by atoms with van der Waals surface area (Å²) in [5.74, 6) is 0.103. The Morgan fingerprint density at radius 3 is 2.71 bits per heavy atom. The van der Waals surface area contributed by atoms with Gasteiger partial charge >= 0.3 is 0 Å². The number of nitrogens with zero attached hydrogens (tertiary/aromatic N) is 4. The van der Waals surface area contributed by atoms with E-state index in [0.29, 0.717) is 42.1 Å². The van der Waals surface area contributed by atoms with Gasteiger partial charge in [-0.2, -0.15) is 0 Å². The molecule has 3 N–H and O–H groups in total. The number of carbonyl (C=O) groups is 1. The number of rotatable bonds is 4. The fourth-order valence-electron chi connectivity index (χ4n) is 5.27. The van der Waals surface area contributed by atoms with Crippen molar-refractivity contribution in [2.24, 2.45) is 5.73 Å². The second kappa shape index (κ2) is 7.32. The van der Waals surface area contributed by atoms with Crippen LogP contribution < -0.4 is 5.73 Å². The minimum Gasteiger partial charge on any atom is -0.436 e. The van der Waals surface area contributed by atoms with E-state index >= 15 is 0 Å². The maximum absolute atomic E-state index is 12.1. The Kier molecular flexibility index (Phi) is 4.56. The van der Waals surface area contributed by atoms with E-state index in [0.717, 1.165) is 47.0 Å². The number of piperidine rings is 1. The predicted molar refractivity (Wildman–Crippen MR) is 128 cm³/mol. The van der Waals surface area contributed by atoms with Gasteiger partial charge in [0.25, 0.3) is 0 Å². The zero-order valence-corrected chi connectivity index (χ0v) is 19.3. The smallest absolute Gasteiger partial charge is 0.229 e. The SMILES string of the molecule is Cc1ncc(-c2nc3cc([C@@]4(O)CCCN(C)C4)ccc3o2)c2cc(C3(C(N)=O)CC3)ncc12. The van der Waals surface area contributed by atoms with Crippen molar-refractivity contribution in [3.63, 3.8) is 0 Å². The summed E-state index contributed by atoms with van der Waals surface area (Å²) in [5.41, 5.74) is 8.55. The normalized spacial score (nSPS) is 22.3. The van der Waals surface area contributed by atoms with Crippen molar-refractivity contribution >= 4 is 27.8 Å². The molecule has 1 amide bonds. The number of likely N-dealkylation sites (tertiary alicyclic amines) is 1. The highest BCUT2D eigenvalue weighted by Crippen LogP contribution is 2.48. The molecule has 1 aliphatic heterocycles. The zero-order chi connectivity index (χ0) is 23.7. The fraction of sp³-hybridized carbons (Fsp3) is 0.385. The van der Waals surface area contributed by atoms with Gasteiger partial charge in [0.1, 0.15) is 11.1 Å². The maximum Gasteiger partial charge on any atom is 0.229 e. The summed E-state index contributed by atoms with van der Waals surface area (Å²) in [7, 11) is 2.03. The lowest BCUT2D eigenvalue weighted by molar-refractivity contribution is -0.120. The molecule has 4 heterocycles. The molecule has 8 nitrogen and oxygen atoms in total. The number of β-amino-alcohol motifs (C(OH)–C–C–N with tert-alkyl or cyclic N) is 1. The standard InChI is InChI=1S/C26H27N5O3/c1-15-18-12-29-22(25(7-8-25)24(27)32)11-17(18)19(13-28-15)23-30-20-10-16(4-5-21(20)34-23)26(33)6-3-9-31(2)14-26/h4-5,10-13,33H,3,6-9,14H2,1-2H3,(H2,27,32)/t26-/m1/s1. The minimum atomic E-state index is -0.896. The van der Waals surface area contributed by atoms with Gasteiger partial charge in [0.2, 0.25) is 11.8 Å². The number of nitrogens with two attached hydrogens (primary N) is 1. The Bertz CT molecular complexity index is 1460. The molecule has 1 saturated carbocycles. The van der Waals surface area contributed by atoms with Gasteiger partial charge in [-0.05, 0) is 70.0 Å². The van der Waals surface area contributed by atoms with Gasteiger partial charge in [-0.1, -0.05) is 6.07 Å². The quantitative estimate of drug-likeness (QED) is 0.483. The van der Waals surface area contributed by atoms with Crippen LogP contribution in [0.3, 0.4) is 0 Å². The highest BCUT2D eigenvalue weighted by atomic mass is 16.3. The number of aromatic nitrogens is 3. The molecule has 6 rings (SSSR count). The molecule has 2 aliphatic rings. The highest BCUT2D eigenvalue weighted by molar-refractivity contribution is 5.98. The number of amides is 1. The van der Waals surface area contributed by atoms with Crippen molar-refractivity contribution in [3.05, 3.63) is 53.6 Å². The number of aryl methyl sites for hydroxylation is 1. The summed E-state index contributed by atoms with van der Waals surface area (Å²) in [5, 5.41) is 13.0. The third kappa shape index (κ3) is 3.20. The third-order valence-corrected chi connectivity index (χ3v) is 7.50. The van der Waals surface area contributed by atoms with Gasteiger partial charge < -0.3 is 20.2 Å². The summed E-state index contributed by atoms with van der Waals surface area (Å²) in [6, 6.07) is 7.65. The lowest BCUT2D eigenvalue weighted by atomic mass is 9.86. The van der Waals surface area contributed by atoms with Crippen LogP contribution in [-0.2, 0) is 15.8 Å². The molecule has 0 radical (unpaired) electrons. The van der Waals surface area contributed by atoms with E-state index < -0.39 is 11.0 Å². The summed E-state index contributed by atoms with van der Waals surface area (Å²) in [6.45, 7) is 3.50. The van der Waals surface area contributed by atoms with Gasteiger partial charge in [-0.15, -0.1) is 0 Å². The molecule has 2 fully saturated rings. The van der Waals surface area contributed by atoms with Crippen LogP contribution in [0.15, 0.2) is 41.1 Å². The highest BCUT2D eigenvalue weighted by Gasteiger charge is 2.51. The third-order valence-electron chi connectivity index (χ3n) is 7.50. The first-order valence-corrected chi connectivity index (χ1v) is 11.7. The number of aliphatic hydroxyl groups is 1. The fourth-order valence-corrected chi connectivity index (χ4v) is 5.27. The molecule has 8 heteroatoms. The molecule has 174 valence electrons. The molecule has 0 spiro atoms. The summed E-state index contributed by atoms with van der Waals surface area (Å²) in [4.78, 5) is 28.1. The van der Waals surface area contributed by atoms with Crippen molar-refractivity contribution in [2.75, 3.05) is 20.1 Å². The van der Waals surface area contributed by atoms with E-state index in [9.17, 15) is 9.90 Å². The van der Waals surface area contributed by atoms with Crippen LogP contribution in [0.1, 0.15) is 42.6 Å². The Balaban J connectivity index is 1.46. The van der Waals surface area contributed by atoms with Gasteiger partial charge in [-0.3, -0.25) is 14.8 Å². The van der Waals surface area contributed by atoms with E-state index in [4.69, 9.17) is 15.1 Å². The number of benzene rings is 1. The van der Waals surface area contributed by atoms with Crippen LogP contribution in [0.5, 0.6) is 0 Å². The second-order valence-corrected chi connectivity index (χ2v) is 9.89. The molecule has 1 atom stereocenters. The Morgan fingerprint density at radius 2 is 1.97 bits per heavy atom. The average molecular weight is 458 g/mol. The van der Waals surface area contributed by atoms with Crippen molar-refractivity contribution < 1.29 is 14.3 Å². The van der Waals surface area contributed by atoms with Crippen LogP contribution in [0, 0.1) is 6.92 Å². The zero-order valence-electron chi connectivity index (χ0n) is 19.3. The van der Waals surface area contributed by atoms with E-state index in [1.165, 1.54) is 0 Å². The molecule has 4 aromatic rings. The lowest BCUT2D eigenvalue weighted by Gasteiger charge is -2.37. The predicted octanol–water partition coefficient (Wildman–Crippen LogP) is 3.18. The number of hydrogen-bond donors (Lipinski definition) is 2. The Labute approximate surface area is 196 Å². The van der Waals surface area contributed by atoms with Crippen molar-refractivity contribution in [1.29, 1.82) is 0 Å². The van der Waals surface area contributed by atoms with Crippen molar-refractivity contribution in [1.82, 2.24) is 19.9 Å². The number of carbonyl (C=O) groups excluding carboxylic acids is 1. The van der Waals surface area contributed by atoms with Crippen molar-refractivity contribution in [3.8, 4) is 11.5 Å². The van der Waals surface area contributed by atoms with Gasteiger partial charge in [0, 0.05) is 35.4 Å². The van der Waals surface area contributed by atoms with E-state index in [1.54, 1.807) is 12.4 Å². The largest absolute Gasteiger partial charge is 0.436 e. The number of likely N-dealkylation sites (N-methyl/N-ethyl adjacent to an activating group) is 1. The maximum atomic E-state index is 12.1. The topological polar surface area (TPSA) is 118 Å². The molecule has 34 heavy (non-hydrogen) atoms. The van der Waals surface area contributed by atoms with Gasteiger partial charge in [0.05, 0.1) is 16.7 Å². The minimum absolute atomic E-state index is 0.340. The van der Waals surface area contributed by atoms with E-state index in [1.807, 2.05) is 38.2 Å². The second-order valence-electron chi connectivity index (χ2n) is 9.89. The summed E-state index contributed by atoms with van der Waals surface area (Å²) in [6.07, 6.45) is 6.60. The first-order valence-electron chi connectivity index (χ1n) is 11.7. The molecule has 1 aliphatic carbocycles. The molecule has 1 saturated heterocycles. The molecular weight excluding hydrogens is 430 g/mol. The molecular formula is C26H27N5O3. The monoisotopic (exact) mass is 457 g/mol. The summed E-state index contributed by atoms with van der Waals surface area (Å²) >= 11 is 0. The van der Waals surface area contributed by atoms with Gasteiger partial charge in [-0.25, -0.2) is 4.98 Å². The molecule has 0 bridgehead atoms. The summed E-state index contributed by atoms with van der Waals surface area (Å²) < 4.78 is 6.13. The van der Waals surface area contributed by atoms with Crippen LogP contribution in [0.25, 0.3) is 33.3 Å². The molecule has 0 unspecified atom stereocenters. The van der Waals surface area contributed by atoms with Gasteiger partial charge in [0.15, 0.2) is 5.58 Å². The molecule has 3 aromatic heterocycles. The van der Waals surface area contributed by atoms with Crippen LogP contribution in [0.2, 0.25) is 0 Å². The first-order chi connectivity index (χ1) is 16.3. The van der Waals surface area contributed by atoms with E-state index in [-0.39, 0.29) is 5.91 Å². The van der Waals surface area contributed by atoms with Crippen LogP contribution in [0.4, 0.5) is 0 Å². The Morgan fingerprint density at radius 1 is 1.15 bits per heavy atom. The first kappa shape index (κ1) is 21.2. The number of oxazole rings is 1. The van der Waals surface area contributed by atoms with Crippen molar-refractivity contribution in [2.45, 2.75) is 43.6 Å². The number of fused-ring (bicyclic) bond motifs is 2. The van der Waals surface area contributed by atoms with Crippen LogP contribution >= 0.6 is 0 Å². The lowest BCUT2D eigenvalue weighted by Crippen LogP contribution is -2.44. The number of pyridine rings is 2. The number of hydrogen-bond acceptors (Lipinski definition) is 7. The van der Waals surface area contributed by atoms with E-state index in [2.05, 4.69) is 14.9 Å². The average Bonchev–Trinajstić information content (AvgIpc) is 3.52. The Hall–Kier alpha value is -3.36.